The van der Waals surface area contributed by atoms with Gasteiger partial charge in [0.05, 0.1) is 11.6 Å². The molecule has 0 aliphatic carbocycles. The van der Waals surface area contributed by atoms with Crippen molar-refractivity contribution in [3.63, 3.8) is 0 Å². The third kappa shape index (κ3) is 6.94. The molecule has 1 aliphatic heterocycles. The van der Waals surface area contributed by atoms with Gasteiger partial charge in [-0.05, 0) is 72.1 Å². The third-order valence-corrected chi connectivity index (χ3v) is 10.1. The van der Waals surface area contributed by atoms with Crippen LogP contribution in [0.1, 0.15) is 33.9 Å². The Kier molecular flexibility index (Phi) is 9.67. The van der Waals surface area contributed by atoms with E-state index in [2.05, 4.69) is 10.2 Å². The molecule has 4 aromatic carbocycles. The minimum atomic E-state index is -0.993. The molecule has 0 radical (unpaired) electrons. The smallest absolute Gasteiger partial charge is 0.301 e. The van der Waals surface area contributed by atoms with E-state index in [0.717, 1.165) is 28.0 Å². The number of aromatic nitrogens is 2. The van der Waals surface area contributed by atoms with Crippen LogP contribution >= 0.6 is 57.9 Å². The van der Waals surface area contributed by atoms with Crippen molar-refractivity contribution in [3.05, 3.63) is 139 Å². The first-order valence-corrected chi connectivity index (χ1v) is 16.9. The molecular weight excluding hydrogens is 685 g/mol. The quantitative estimate of drug-likeness (QED) is 0.0537. The average molecular weight is 709 g/mol. The number of ketones is 1. The number of rotatable bonds is 9. The molecule has 1 amide bonds. The number of carbonyl (C=O) groups excluding carboxylic acids is 2. The second-order valence-electron chi connectivity index (χ2n) is 10.4. The Hall–Kier alpha value is -3.86. The van der Waals surface area contributed by atoms with Gasteiger partial charge >= 0.3 is 5.91 Å². The second-order valence-corrected chi connectivity index (χ2v) is 13.9. The Labute approximate surface area is 288 Å². The van der Waals surface area contributed by atoms with Crippen LogP contribution in [-0.4, -0.2) is 27.0 Å². The van der Waals surface area contributed by atoms with Crippen molar-refractivity contribution in [3.8, 4) is 5.75 Å². The van der Waals surface area contributed by atoms with Crippen molar-refractivity contribution in [1.29, 1.82) is 0 Å². The highest BCUT2D eigenvalue weighted by Gasteiger charge is 2.48. The maximum absolute atomic E-state index is 13.6. The van der Waals surface area contributed by atoms with Gasteiger partial charge in [-0.2, -0.15) is 0 Å². The second kappa shape index (κ2) is 13.9. The zero-order chi connectivity index (χ0) is 32.4. The van der Waals surface area contributed by atoms with E-state index in [1.165, 1.54) is 16.7 Å². The number of thioether (sulfide) groups is 1. The summed E-state index contributed by atoms with van der Waals surface area (Å²) in [6, 6.07) is 25.8. The molecule has 1 atom stereocenters. The van der Waals surface area contributed by atoms with Gasteiger partial charge < -0.3 is 9.84 Å². The number of aryl methyl sites for hydroxylation is 1. The number of ether oxygens (including phenoxy) is 1. The van der Waals surface area contributed by atoms with Crippen molar-refractivity contribution < 1.29 is 19.4 Å². The first-order chi connectivity index (χ1) is 22.2. The molecule has 1 saturated heterocycles. The maximum atomic E-state index is 13.6. The summed E-state index contributed by atoms with van der Waals surface area (Å²) in [5.74, 6) is -0.930. The number of nitrogens with zero attached hydrogens (tertiary/aromatic N) is 3. The SMILES string of the molecule is Cc1cccc(COc2ccc(/C(O)=C3\C(=O)C(=O)N(c4nnc(SCc5ccc(Cl)cc5Cl)s4)C3c3cccc(Cl)c3)cc2)c1. The predicted octanol–water partition coefficient (Wildman–Crippen LogP) is 9.30. The molecule has 0 bridgehead atoms. The van der Waals surface area contributed by atoms with Gasteiger partial charge in [0.1, 0.15) is 18.1 Å². The third-order valence-electron chi connectivity index (χ3n) is 7.19. The molecule has 1 fully saturated rings. The topological polar surface area (TPSA) is 92.6 Å². The van der Waals surface area contributed by atoms with Crippen LogP contribution in [0.2, 0.25) is 15.1 Å². The first kappa shape index (κ1) is 32.1. The highest BCUT2D eigenvalue weighted by atomic mass is 35.5. The molecule has 2 heterocycles. The minimum absolute atomic E-state index is 0.0851. The highest BCUT2D eigenvalue weighted by molar-refractivity contribution is 8.00. The van der Waals surface area contributed by atoms with Gasteiger partial charge in [0.25, 0.3) is 5.78 Å². The van der Waals surface area contributed by atoms with Crippen LogP contribution in [0.5, 0.6) is 5.75 Å². The van der Waals surface area contributed by atoms with E-state index in [9.17, 15) is 14.7 Å². The molecule has 1 aliphatic rings. The summed E-state index contributed by atoms with van der Waals surface area (Å²) in [5.41, 5.74) is 3.82. The molecule has 0 spiro atoms. The molecule has 1 aromatic heterocycles. The van der Waals surface area contributed by atoms with E-state index in [1.807, 2.05) is 37.3 Å². The number of halogens is 3. The molecule has 5 aromatic rings. The van der Waals surface area contributed by atoms with E-state index in [1.54, 1.807) is 60.7 Å². The fourth-order valence-corrected chi connectivity index (χ4v) is 7.62. The summed E-state index contributed by atoms with van der Waals surface area (Å²) in [4.78, 5) is 28.4. The first-order valence-electron chi connectivity index (χ1n) is 13.9. The molecule has 1 unspecified atom stereocenters. The van der Waals surface area contributed by atoms with Gasteiger partial charge in [-0.3, -0.25) is 14.5 Å². The van der Waals surface area contributed by atoms with Crippen LogP contribution in [-0.2, 0) is 21.9 Å². The molecule has 1 N–H and O–H groups in total. The standard InChI is InChI=1S/C34H24Cl3N3O4S2/c1-19-4-2-5-20(14-19)17-44-26-12-9-21(10-13-26)30(41)28-29(22-6-3-7-24(35)15-22)40(32(43)31(28)42)33-38-39-34(46-33)45-18-23-8-11-25(36)16-27(23)37/h2-16,29,41H,17-18H2,1H3/b30-28+. The van der Waals surface area contributed by atoms with Crippen molar-refractivity contribution in [2.24, 2.45) is 0 Å². The Morgan fingerprint density at radius 2 is 1.70 bits per heavy atom. The van der Waals surface area contributed by atoms with E-state index in [0.29, 0.717) is 48.6 Å². The van der Waals surface area contributed by atoms with Gasteiger partial charge in [0.15, 0.2) is 4.34 Å². The summed E-state index contributed by atoms with van der Waals surface area (Å²) < 4.78 is 6.48. The van der Waals surface area contributed by atoms with Crippen LogP contribution in [0.25, 0.3) is 5.76 Å². The number of hydrogen-bond acceptors (Lipinski definition) is 8. The van der Waals surface area contributed by atoms with Gasteiger partial charge in [0.2, 0.25) is 5.13 Å². The summed E-state index contributed by atoms with van der Waals surface area (Å²) in [6.45, 7) is 2.39. The molecule has 232 valence electrons. The molecule has 46 heavy (non-hydrogen) atoms. The largest absolute Gasteiger partial charge is 0.507 e. The molecule has 12 heteroatoms. The molecular formula is C34H24Cl3N3O4S2. The van der Waals surface area contributed by atoms with Crippen molar-refractivity contribution in [1.82, 2.24) is 10.2 Å². The number of anilines is 1. The van der Waals surface area contributed by atoms with E-state index < -0.39 is 17.7 Å². The number of aliphatic hydroxyl groups is 1. The number of hydrogen-bond donors (Lipinski definition) is 1. The normalized spacial score (nSPS) is 15.8. The summed E-state index contributed by atoms with van der Waals surface area (Å²) in [7, 11) is 0. The maximum Gasteiger partial charge on any atom is 0.301 e. The number of carbonyl (C=O) groups is 2. The summed E-state index contributed by atoms with van der Waals surface area (Å²) >= 11 is 21.2. The zero-order valence-corrected chi connectivity index (χ0v) is 28.0. The van der Waals surface area contributed by atoms with E-state index >= 15 is 0 Å². The average Bonchev–Trinajstić information content (AvgIpc) is 3.61. The van der Waals surface area contributed by atoms with E-state index in [4.69, 9.17) is 39.5 Å². The zero-order valence-electron chi connectivity index (χ0n) is 24.1. The number of Topliss-reactive ketones (excluding diaryl/α,β-unsaturated/α-hetero) is 1. The van der Waals surface area contributed by atoms with Gasteiger partial charge in [-0.15, -0.1) is 10.2 Å². The Bertz CT molecular complexity index is 1980. The van der Waals surface area contributed by atoms with Crippen LogP contribution < -0.4 is 9.64 Å². The molecule has 7 nitrogen and oxygen atoms in total. The Morgan fingerprint density at radius 1 is 0.935 bits per heavy atom. The lowest BCUT2D eigenvalue weighted by molar-refractivity contribution is -0.132. The van der Waals surface area contributed by atoms with Gasteiger partial charge in [-0.1, -0.05) is 106 Å². The number of aliphatic hydroxyl groups excluding tert-OH is 1. The van der Waals surface area contributed by atoms with E-state index in [-0.39, 0.29) is 16.5 Å². The summed E-state index contributed by atoms with van der Waals surface area (Å²) in [6.07, 6.45) is 0. The molecule has 0 saturated carbocycles. The fourth-order valence-electron chi connectivity index (χ4n) is 4.99. The highest BCUT2D eigenvalue weighted by Crippen LogP contribution is 2.44. The lowest BCUT2D eigenvalue weighted by atomic mass is 9.95. The van der Waals surface area contributed by atoms with Crippen molar-refractivity contribution in [2.45, 2.75) is 29.7 Å². The van der Waals surface area contributed by atoms with Gasteiger partial charge in [-0.25, -0.2) is 0 Å². The predicted molar refractivity (Wildman–Crippen MR) is 184 cm³/mol. The Morgan fingerprint density at radius 3 is 2.43 bits per heavy atom. The van der Waals surface area contributed by atoms with Crippen LogP contribution in [0.4, 0.5) is 5.13 Å². The van der Waals surface area contributed by atoms with Crippen LogP contribution in [0, 0.1) is 6.92 Å². The fraction of sp³-hybridized carbons (Fsp3) is 0.118. The van der Waals surface area contributed by atoms with Crippen molar-refractivity contribution in [2.75, 3.05) is 4.90 Å². The van der Waals surface area contributed by atoms with Gasteiger partial charge in [0, 0.05) is 26.4 Å². The van der Waals surface area contributed by atoms with Crippen molar-refractivity contribution >= 4 is 80.5 Å². The van der Waals surface area contributed by atoms with Crippen LogP contribution in [0.15, 0.2) is 101 Å². The number of benzene rings is 4. The monoisotopic (exact) mass is 707 g/mol. The lowest BCUT2D eigenvalue weighted by Crippen LogP contribution is -2.29. The number of amides is 1. The summed E-state index contributed by atoms with van der Waals surface area (Å²) in [5, 5.41) is 21.7. The lowest BCUT2D eigenvalue weighted by Gasteiger charge is -2.22. The van der Waals surface area contributed by atoms with Crippen LogP contribution in [0.3, 0.4) is 0 Å². The molecule has 6 rings (SSSR count). The minimum Gasteiger partial charge on any atom is -0.507 e. The Balaban J connectivity index is 1.29.